The molecule has 1 atom stereocenters. The van der Waals surface area contributed by atoms with E-state index in [1.54, 1.807) is 4.90 Å². The zero-order chi connectivity index (χ0) is 16.4. The molecule has 2 heterocycles. The number of anilines is 1. The summed E-state index contributed by atoms with van der Waals surface area (Å²) in [6.07, 6.45) is 7.11. The number of rotatable bonds is 5. The van der Waals surface area contributed by atoms with Crippen molar-refractivity contribution in [3.05, 3.63) is 25.0 Å². The smallest absolute Gasteiger partial charge is 0.316 e. The summed E-state index contributed by atoms with van der Waals surface area (Å²) >= 11 is 0. The topological polar surface area (TPSA) is 84.4 Å². The first-order valence-corrected chi connectivity index (χ1v) is 7.76. The van der Waals surface area contributed by atoms with E-state index in [4.69, 9.17) is 4.74 Å². The second kappa shape index (κ2) is 5.98. The summed E-state index contributed by atoms with van der Waals surface area (Å²) in [6, 6.07) is -0.193. The Kier molecular flexibility index (Phi) is 4.02. The van der Waals surface area contributed by atoms with Gasteiger partial charge in [0.15, 0.2) is 0 Å². The molecule has 2 amide bonds. The van der Waals surface area contributed by atoms with E-state index in [0.29, 0.717) is 25.3 Å². The molecule has 0 bridgehead atoms. The zero-order valence-corrected chi connectivity index (χ0v) is 13.1. The van der Waals surface area contributed by atoms with Crippen LogP contribution in [0.3, 0.4) is 0 Å². The minimum Gasteiger partial charge on any atom is -0.464 e. The predicted octanol–water partition coefficient (Wildman–Crippen LogP) is 1.38. The van der Waals surface area contributed by atoms with Crippen LogP contribution in [0.4, 0.5) is 5.69 Å². The van der Waals surface area contributed by atoms with Gasteiger partial charge in [-0.15, -0.1) is 0 Å². The molecule has 1 N–H and O–H groups in total. The Balaban J connectivity index is 1.68. The number of nitrogens with one attached hydrogen (secondary N) is 1. The van der Waals surface area contributed by atoms with E-state index in [2.05, 4.69) is 21.9 Å². The van der Waals surface area contributed by atoms with Crippen LogP contribution in [0.25, 0.3) is 0 Å². The van der Waals surface area contributed by atoms with E-state index in [1.165, 1.54) is 18.5 Å². The van der Waals surface area contributed by atoms with Crippen LogP contribution in [0.15, 0.2) is 25.0 Å². The molecule has 0 aromatic carbocycles. The molecule has 23 heavy (non-hydrogen) atoms. The minimum atomic E-state index is -0.463. The quantitative estimate of drug-likeness (QED) is 0.830. The molecule has 1 saturated carbocycles. The summed E-state index contributed by atoms with van der Waals surface area (Å²) in [5.74, 6) is -0.409. The van der Waals surface area contributed by atoms with Crippen molar-refractivity contribution in [3.63, 3.8) is 0 Å². The summed E-state index contributed by atoms with van der Waals surface area (Å²) in [6.45, 7) is 6.48. The van der Waals surface area contributed by atoms with E-state index < -0.39 is 6.04 Å². The van der Waals surface area contributed by atoms with Gasteiger partial charge in [-0.2, -0.15) is 0 Å². The second-order valence-electron chi connectivity index (χ2n) is 6.07. The lowest BCUT2D eigenvalue weighted by atomic mass is 10.0. The van der Waals surface area contributed by atoms with E-state index in [9.17, 15) is 9.59 Å². The zero-order valence-electron chi connectivity index (χ0n) is 13.1. The van der Waals surface area contributed by atoms with Gasteiger partial charge in [0.2, 0.25) is 11.8 Å². The fourth-order valence-electron chi connectivity index (χ4n) is 2.99. The van der Waals surface area contributed by atoms with Crippen molar-refractivity contribution in [1.29, 1.82) is 0 Å². The minimum absolute atomic E-state index is 0.135. The van der Waals surface area contributed by atoms with Crippen molar-refractivity contribution < 1.29 is 14.3 Å². The fraction of sp³-hybridized carbons (Fsp3) is 0.500. The highest BCUT2D eigenvalue weighted by Crippen LogP contribution is 2.54. The highest BCUT2D eigenvalue weighted by atomic mass is 16.5. The first-order chi connectivity index (χ1) is 11.1. The van der Waals surface area contributed by atoms with Gasteiger partial charge >= 0.3 is 6.01 Å². The fourth-order valence-corrected chi connectivity index (χ4v) is 2.99. The van der Waals surface area contributed by atoms with Gasteiger partial charge in [0, 0.05) is 6.54 Å². The summed E-state index contributed by atoms with van der Waals surface area (Å²) in [5, 5.41) is 2.78. The van der Waals surface area contributed by atoms with Gasteiger partial charge in [-0.3, -0.25) is 9.59 Å². The van der Waals surface area contributed by atoms with Crippen LogP contribution in [-0.2, 0) is 9.59 Å². The number of hydrogen-bond donors (Lipinski definition) is 1. The average Bonchev–Trinajstić information content (AvgIpc) is 3.19. The second-order valence-corrected chi connectivity index (χ2v) is 6.07. The van der Waals surface area contributed by atoms with Crippen LogP contribution in [0, 0.1) is 5.41 Å². The van der Waals surface area contributed by atoms with E-state index >= 15 is 0 Å². The highest BCUT2D eigenvalue weighted by molar-refractivity contribution is 5.99. The van der Waals surface area contributed by atoms with Gasteiger partial charge in [-0.1, -0.05) is 6.58 Å². The van der Waals surface area contributed by atoms with Crippen molar-refractivity contribution in [1.82, 2.24) is 14.9 Å². The number of ether oxygens (including phenoxy) is 1. The number of likely N-dealkylation sites (tertiary alicyclic amines) is 1. The summed E-state index contributed by atoms with van der Waals surface area (Å²) in [4.78, 5) is 34.2. The van der Waals surface area contributed by atoms with Crippen molar-refractivity contribution in [3.8, 4) is 6.01 Å². The first kappa shape index (κ1) is 15.5. The van der Waals surface area contributed by atoms with Gasteiger partial charge in [0.05, 0.1) is 24.7 Å². The molecule has 1 aliphatic carbocycles. The first-order valence-electron chi connectivity index (χ1n) is 7.76. The summed E-state index contributed by atoms with van der Waals surface area (Å²) < 4.78 is 5.17. The Labute approximate surface area is 134 Å². The van der Waals surface area contributed by atoms with Crippen molar-refractivity contribution in [2.45, 2.75) is 32.2 Å². The van der Waals surface area contributed by atoms with Crippen LogP contribution < -0.4 is 10.1 Å². The van der Waals surface area contributed by atoms with Gasteiger partial charge in [-0.05, 0) is 37.7 Å². The molecular weight excluding hydrogens is 296 g/mol. The third-order valence-corrected chi connectivity index (χ3v) is 4.39. The number of carbonyl (C=O) groups is 2. The molecule has 1 saturated heterocycles. The van der Waals surface area contributed by atoms with Crippen molar-refractivity contribution >= 4 is 17.5 Å². The molecule has 122 valence electrons. The third-order valence-electron chi connectivity index (χ3n) is 4.39. The van der Waals surface area contributed by atoms with Crippen LogP contribution in [0.1, 0.15) is 26.2 Å². The van der Waals surface area contributed by atoms with Crippen LogP contribution in [0.5, 0.6) is 6.01 Å². The lowest BCUT2D eigenvalue weighted by molar-refractivity contribution is -0.132. The molecule has 1 spiro atoms. The summed E-state index contributed by atoms with van der Waals surface area (Å²) in [7, 11) is 0. The Hall–Kier alpha value is -2.44. The Morgan fingerprint density at radius 1 is 1.48 bits per heavy atom. The molecule has 7 nitrogen and oxygen atoms in total. The maximum Gasteiger partial charge on any atom is 0.316 e. The van der Waals surface area contributed by atoms with Crippen molar-refractivity contribution in [2.75, 3.05) is 18.5 Å². The summed E-state index contributed by atoms with van der Waals surface area (Å²) in [5.41, 5.74) is 0.622. The van der Waals surface area contributed by atoms with Crippen LogP contribution in [0.2, 0.25) is 0 Å². The Morgan fingerprint density at radius 3 is 2.74 bits per heavy atom. The molecule has 1 aromatic heterocycles. The standard InChI is InChI=1S/C16H20N4O3/c1-3-13(21)20-10-16(5-6-16)7-12(20)14(22)19-11-8-17-15(18-9-11)23-4-2/h3,8-9,12H,1,4-7,10H2,2H3,(H,19,22)/t12-/m0/s1. The Bertz CT molecular complexity index is 625. The predicted molar refractivity (Wildman–Crippen MR) is 83.8 cm³/mol. The largest absolute Gasteiger partial charge is 0.464 e. The molecule has 3 rings (SSSR count). The Morgan fingerprint density at radius 2 is 2.17 bits per heavy atom. The van der Waals surface area contributed by atoms with E-state index in [-0.39, 0.29) is 23.2 Å². The number of carbonyl (C=O) groups excluding carboxylic acids is 2. The molecule has 1 aromatic rings. The average molecular weight is 316 g/mol. The van der Waals surface area contributed by atoms with E-state index in [0.717, 1.165) is 12.8 Å². The van der Waals surface area contributed by atoms with Gasteiger partial charge in [-0.25, -0.2) is 9.97 Å². The maximum atomic E-state index is 12.5. The van der Waals surface area contributed by atoms with E-state index in [1.807, 2.05) is 6.92 Å². The third kappa shape index (κ3) is 3.18. The normalized spacial score (nSPS) is 21.1. The molecule has 7 heteroatoms. The molecule has 0 unspecified atom stereocenters. The highest BCUT2D eigenvalue weighted by Gasteiger charge is 2.54. The molecule has 0 radical (unpaired) electrons. The van der Waals surface area contributed by atoms with Gasteiger partial charge < -0.3 is 15.0 Å². The molecule has 2 fully saturated rings. The monoisotopic (exact) mass is 316 g/mol. The molecule has 1 aliphatic heterocycles. The lowest BCUT2D eigenvalue weighted by Crippen LogP contribution is -2.42. The van der Waals surface area contributed by atoms with Gasteiger partial charge in [0.25, 0.3) is 0 Å². The number of nitrogens with zero attached hydrogens (tertiary/aromatic N) is 3. The number of amides is 2. The van der Waals surface area contributed by atoms with Gasteiger partial charge in [0.1, 0.15) is 6.04 Å². The molecular formula is C16H20N4O3. The van der Waals surface area contributed by atoms with Crippen molar-refractivity contribution in [2.24, 2.45) is 5.41 Å². The number of hydrogen-bond acceptors (Lipinski definition) is 5. The SMILES string of the molecule is C=CC(=O)N1CC2(CC2)C[C@H]1C(=O)Nc1cnc(OCC)nc1. The number of aromatic nitrogens is 2. The van der Waals surface area contributed by atoms with Crippen LogP contribution >= 0.6 is 0 Å². The molecule has 2 aliphatic rings. The lowest BCUT2D eigenvalue weighted by Gasteiger charge is -2.22. The maximum absolute atomic E-state index is 12.5. The van der Waals surface area contributed by atoms with Crippen LogP contribution in [-0.4, -0.2) is 45.9 Å².